The highest BCUT2D eigenvalue weighted by Crippen LogP contribution is 2.39. The van der Waals surface area contributed by atoms with Crippen molar-refractivity contribution in [3.63, 3.8) is 0 Å². The van der Waals surface area contributed by atoms with Crippen molar-refractivity contribution in [2.75, 3.05) is 20.5 Å². The number of aliphatic hydroxyl groups excluding tert-OH is 3. The van der Waals surface area contributed by atoms with E-state index in [0.717, 1.165) is 0 Å². The lowest BCUT2D eigenvalue weighted by atomic mass is 9.94. The fourth-order valence-corrected chi connectivity index (χ4v) is 3.33. The predicted octanol–water partition coefficient (Wildman–Crippen LogP) is -0.720. The Morgan fingerprint density at radius 2 is 2.00 bits per heavy atom. The van der Waals surface area contributed by atoms with Crippen molar-refractivity contribution in [3.05, 3.63) is 12.2 Å². The number of rotatable bonds is 9. The Morgan fingerprint density at radius 1 is 1.31 bits per heavy atom. The van der Waals surface area contributed by atoms with Gasteiger partial charge in [-0.3, -0.25) is 0 Å². The molecule has 0 unspecified atom stereocenters. The molecule has 8 atom stereocenters. The van der Waals surface area contributed by atoms with Gasteiger partial charge in [-0.05, 0) is 19.4 Å². The first-order chi connectivity index (χ1) is 12.2. The lowest BCUT2D eigenvalue weighted by molar-refractivity contribution is -0.217. The molecule has 3 aliphatic heterocycles. The summed E-state index contributed by atoms with van der Waals surface area (Å²) >= 11 is 0. The summed E-state index contributed by atoms with van der Waals surface area (Å²) in [4.78, 5) is 0. The lowest BCUT2D eigenvalue weighted by Crippen LogP contribution is -2.41. The van der Waals surface area contributed by atoms with Crippen LogP contribution in [-0.4, -0.2) is 90.6 Å². The SMILES string of the molecule is C=C([C@H](O)C[C@H]1O[C@@H]2OC(C)(C)O[C@@H]2[C@H]1O)[C@@H](O)[C@H](OCOC)[C@@H]1CO1. The maximum atomic E-state index is 10.5. The smallest absolute Gasteiger partial charge is 0.190 e. The Hall–Kier alpha value is -0.620. The minimum Gasteiger partial charge on any atom is -0.389 e. The number of epoxide rings is 1. The third kappa shape index (κ3) is 4.27. The Kier molecular flexibility index (Phi) is 6.02. The number of aliphatic hydroxyl groups is 3. The standard InChI is InChI=1S/C17H28O9/c1-8(12(19)14(11-6-22-11)23-7-21-4)9(18)5-10-13(20)15-16(24-10)26-17(2,3)25-15/h9-16,18-20H,1,5-7H2,2-4H3/t9-,10-,11+,12-,13+,14-,15-,16-/m1/s1. The Labute approximate surface area is 152 Å². The highest BCUT2D eigenvalue weighted by Gasteiger charge is 2.54. The average Bonchev–Trinajstić information content (AvgIpc) is 3.32. The van der Waals surface area contributed by atoms with E-state index in [1.807, 2.05) is 0 Å². The topological polar surface area (TPSA) is 119 Å². The van der Waals surface area contributed by atoms with Crippen LogP contribution in [0.25, 0.3) is 0 Å². The molecule has 0 spiro atoms. The van der Waals surface area contributed by atoms with E-state index in [-0.39, 0.29) is 24.9 Å². The number of ether oxygens (including phenoxy) is 6. The van der Waals surface area contributed by atoms with Gasteiger partial charge in [0.25, 0.3) is 0 Å². The van der Waals surface area contributed by atoms with Crippen molar-refractivity contribution >= 4 is 0 Å². The molecule has 3 fully saturated rings. The van der Waals surface area contributed by atoms with Gasteiger partial charge in [0, 0.05) is 13.5 Å². The highest BCUT2D eigenvalue weighted by atomic mass is 16.8. The van der Waals surface area contributed by atoms with E-state index < -0.39 is 48.7 Å². The third-order valence-electron chi connectivity index (χ3n) is 4.79. The second-order valence-electron chi connectivity index (χ2n) is 7.31. The first-order valence-electron chi connectivity index (χ1n) is 8.69. The number of hydrogen-bond donors (Lipinski definition) is 3. The monoisotopic (exact) mass is 376 g/mol. The van der Waals surface area contributed by atoms with Crippen LogP contribution < -0.4 is 0 Å². The summed E-state index contributed by atoms with van der Waals surface area (Å²) in [7, 11) is 1.47. The van der Waals surface area contributed by atoms with Gasteiger partial charge in [-0.25, -0.2) is 0 Å². The maximum absolute atomic E-state index is 10.5. The Morgan fingerprint density at radius 3 is 2.58 bits per heavy atom. The highest BCUT2D eigenvalue weighted by molar-refractivity contribution is 5.14. The summed E-state index contributed by atoms with van der Waals surface area (Å²) in [5.41, 5.74) is 0.164. The van der Waals surface area contributed by atoms with Crippen molar-refractivity contribution in [1.29, 1.82) is 0 Å². The van der Waals surface area contributed by atoms with Gasteiger partial charge in [-0.1, -0.05) is 6.58 Å². The van der Waals surface area contributed by atoms with Crippen LogP contribution in [0.2, 0.25) is 0 Å². The molecular formula is C17H28O9. The molecule has 3 rings (SSSR count). The Bertz CT molecular complexity index is 506. The minimum absolute atomic E-state index is 0.0107. The van der Waals surface area contributed by atoms with Crippen LogP contribution in [0.4, 0.5) is 0 Å². The molecule has 9 nitrogen and oxygen atoms in total. The third-order valence-corrected chi connectivity index (χ3v) is 4.79. The van der Waals surface area contributed by atoms with Crippen molar-refractivity contribution < 1.29 is 43.7 Å². The molecule has 0 aliphatic carbocycles. The van der Waals surface area contributed by atoms with Crippen molar-refractivity contribution in [2.45, 2.75) is 75.1 Å². The normalized spacial score (nSPS) is 38.6. The molecule has 3 N–H and O–H groups in total. The maximum Gasteiger partial charge on any atom is 0.190 e. The molecule has 0 aromatic rings. The molecule has 9 heteroatoms. The summed E-state index contributed by atoms with van der Waals surface area (Å²) in [6.07, 6.45) is -6.10. The van der Waals surface area contributed by atoms with Crippen LogP contribution in [0.15, 0.2) is 12.2 Å². The summed E-state index contributed by atoms with van der Waals surface area (Å²) in [5.74, 6) is -0.824. The second kappa shape index (κ2) is 7.78. The summed E-state index contributed by atoms with van der Waals surface area (Å²) < 4.78 is 32.3. The van der Waals surface area contributed by atoms with Crippen molar-refractivity contribution in [2.24, 2.45) is 0 Å². The summed E-state index contributed by atoms with van der Waals surface area (Å²) in [6, 6.07) is 0. The lowest BCUT2D eigenvalue weighted by Gasteiger charge is -2.28. The number of hydrogen-bond acceptors (Lipinski definition) is 9. The molecule has 0 radical (unpaired) electrons. The summed E-state index contributed by atoms with van der Waals surface area (Å²) in [6.45, 7) is 7.71. The van der Waals surface area contributed by atoms with Gasteiger partial charge in [0.15, 0.2) is 12.1 Å². The molecule has 150 valence electrons. The van der Waals surface area contributed by atoms with E-state index in [9.17, 15) is 15.3 Å². The molecule has 0 amide bonds. The van der Waals surface area contributed by atoms with Crippen LogP contribution >= 0.6 is 0 Å². The zero-order valence-electron chi connectivity index (χ0n) is 15.2. The molecule has 0 bridgehead atoms. The van der Waals surface area contributed by atoms with Gasteiger partial charge in [0.1, 0.15) is 37.3 Å². The zero-order chi connectivity index (χ0) is 19.1. The first-order valence-corrected chi connectivity index (χ1v) is 8.69. The van der Waals surface area contributed by atoms with Gasteiger partial charge < -0.3 is 43.7 Å². The van der Waals surface area contributed by atoms with Crippen LogP contribution in [0.3, 0.4) is 0 Å². The first kappa shape index (κ1) is 20.1. The number of fused-ring (bicyclic) bond motifs is 1. The molecular weight excluding hydrogens is 348 g/mol. The van der Waals surface area contributed by atoms with Gasteiger partial charge in [-0.15, -0.1) is 0 Å². The van der Waals surface area contributed by atoms with E-state index in [2.05, 4.69) is 6.58 Å². The van der Waals surface area contributed by atoms with Gasteiger partial charge in [0.2, 0.25) is 0 Å². The molecule has 0 aromatic carbocycles. The largest absolute Gasteiger partial charge is 0.389 e. The van der Waals surface area contributed by atoms with E-state index >= 15 is 0 Å². The van der Waals surface area contributed by atoms with Crippen molar-refractivity contribution in [3.8, 4) is 0 Å². The second-order valence-corrected chi connectivity index (χ2v) is 7.31. The van der Waals surface area contributed by atoms with E-state index in [1.54, 1.807) is 13.8 Å². The molecule has 3 aliphatic rings. The fourth-order valence-electron chi connectivity index (χ4n) is 3.33. The van der Waals surface area contributed by atoms with E-state index in [4.69, 9.17) is 28.4 Å². The quantitative estimate of drug-likeness (QED) is 0.272. The zero-order valence-corrected chi connectivity index (χ0v) is 15.2. The predicted molar refractivity (Wildman–Crippen MR) is 87.0 cm³/mol. The van der Waals surface area contributed by atoms with Crippen molar-refractivity contribution in [1.82, 2.24) is 0 Å². The van der Waals surface area contributed by atoms with Crippen LogP contribution in [0.5, 0.6) is 0 Å². The molecule has 0 aromatic heterocycles. The fraction of sp³-hybridized carbons (Fsp3) is 0.882. The molecule has 0 saturated carbocycles. The molecule has 26 heavy (non-hydrogen) atoms. The van der Waals surface area contributed by atoms with Gasteiger partial charge in [0.05, 0.1) is 18.8 Å². The molecule has 3 saturated heterocycles. The van der Waals surface area contributed by atoms with Crippen LogP contribution in [0, 0.1) is 0 Å². The minimum atomic E-state index is -1.14. The van der Waals surface area contributed by atoms with Crippen LogP contribution in [-0.2, 0) is 28.4 Å². The van der Waals surface area contributed by atoms with Crippen LogP contribution in [0.1, 0.15) is 20.3 Å². The number of methoxy groups -OCH3 is 1. The molecule has 3 heterocycles. The van der Waals surface area contributed by atoms with Gasteiger partial charge in [-0.2, -0.15) is 0 Å². The average molecular weight is 376 g/mol. The Balaban J connectivity index is 1.54. The van der Waals surface area contributed by atoms with Gasteiger partial charge >= 0.3 is 0 Å². The summed E-state index contributed by atoms with van der Waals surface area (Å²) in [5, 5.41) is 31.3. The van der Waals surface area contributed by atoms with E-state index in [1.165, 1.54) is 7.11 Å². The van der Waals surface area contributed by atoms with E-state index in [0.29, 0.717) is 6.61 Å².